The maximum Gasteiger partial charge on any atom is 0.264 e. The third-order valence-corrected chi connectivity index (χ3v) is 9.63. The average Bonchev–Trinajstić information content (AvgIpc) is 2.95. The summed E-state index contributed by atoms with van der Waals surface area (Å²) in [7, 11) is -4.21. The van der Waals surface area contributed by atoms with Crippen molar-refractivity contribution in [2.45, 2.75) is 64.4 Å². The SMILES string of the molecule is CCCCNC(=O)[C@@H](CC)N(Cc1ccc(Cl)c(Cl)c1)C(=O)CN(c1cc(Cl)ccc1C)S(=O)(=O)c1ccc(C)cc1. The van der Waals surface area contributed by atoms with Crippen LogP contribution in [-0.2, 0) is 26.2 Å². The molecular weight excluding hydrogens is 617 g/mol. The van der Waals surface area contributed by atoms with Gasteiger partial charge in [-0.25, -0.2) is 8.42 Å². The Morgan fingerprint density at radius 2 is 1.60 bits per heavy atom. The van der Waals surface area contributed by atoms with Gasteiger partial charge in [-0.2, -0.15) is 0 Å². The third-order valence-electron chi connectivity index (χ3n) is 6.88. The summed E-state index contributed by atoms with van der Waals surface area (Å²) in [6.07, 6.45) is 2.00. The van der Waals surface area contributed by atoms with Crippen LogP contribution in [0.5, 0.6) is 0 Å². The predicted octanol–water partition coefficient (Wildman–Crippen LogP) is 7.18. The molecule has 42 heavy (non-hydrogen) atoms. The average molecular weight is 653 g/mol. The molecule has 0 heterocycles. The van der Waals surface area contributed by atoms with E-state index < -0.39 is 28.5 Å². The molecule has 1 atom stereocenters. The highest BCUT2D eigenvalue weighted by atomic mass is 35.5. The van der Waals surface area contributed by atoms with Crippen molar-refractivity contribution >= 4 is 62.3 Å². The van der Waals surface area contributed by atoms with Gasteiger partial charge in [0.25, 0.3) is 10.0 Å². The van der Waals surface area contributed by atoms with Crippen molar-refractivity contribution < 1.29 is 18.0 Å². The van der Waals surface area contributed by atoms with Gasteiger partial charge in [0.2, 0.25) is 11.8 Å². The molecule has 0 aromatic heterocycles. The van der Waals surface area contributed by atoms with Crippen molar-refractivity contribution in [2.24, 2.45) is 0 Å². The van der Waals surface area contributed by atoms with E-state index in [9.17, 15) is 18.0 Å². The molecule has 3 aromatic carbocycles. The Morgan fingerprint density at radius 3 is 2.21 bits per heavy atom. The number of hydrogen-bond acceptors (Lipinski definition) is 4. The molecule has 0 aliphatic rings. The van der Waals surface area contributed by atoms with Crippen LogP contribution in [0.2, 0.25) is 15.1 Å². The molecule has 0 unspecified atom stereocenters. The lowest BCUT2D eigenvalue weighted by Crippen LogP contribution is -2.52. The third kappa shape index (κ3) is 8.40. The molecule has 0 spiro atoms. The van der Waals surface area contributed by atoms with Crippen molar-refractivity contribution in [1.29, 1.82) is 0 Å². The molecule has 7 nitrogen and oxygen atoms in total. The second-order valence-corrected chi connectivity index (χ2v) is 13.2. The number of halogens is 3. The van der Waals surface area contributed by atoms with Crippen LogP contribution in [0.3, 0.4) is 0 Å². The number of carbonyl (C=O) groups excluding carboxylic acids is 2. The van der Waals surface area contributed by atoms with E-state index >= 15 is 0 Å². The fourth-order valence-electron chi connectivity index (χ4n) is 4.46. The van der Waals surface area contributed by atoms with Crippen molar-refractivity contribution in [3.63, 3.8) is 0 Å². The minimum absolute atomic E-state index is 0.0162. The van der Waals surface area contributed by atoms with Crippen molar-refractivity contribution in [2.75, 3.05) is 17.4 Å². The first kappa shape index (κ1) is 33.7. The van der Waals surface area contributed by atoms with Crippen molar-refractivity contribution in [1.82, 2.24) is 10.2 Å². The number of carbonyl (C=O) groups is 2. The van der Waals surface area contributed by atoms with E-state index in [-0.39, 0.29) is 23.0 Å². The molecule has 2 amide bonds. The van der Waals surface area contributed by atoms with Crippen LogP contribution in [0.4, 0.5) is 5.69 Å². The fourth-order valence-corrected chi connectivity index (χ4v) is 6.42. The van der Waals surface area contributed by atoms with Gasteiger partial charge in [-0.1, -0.05) is 84.9 Å². The number of benzene rings is 3. The summed E-state index contributed by atoms with van der Waals surface area (Å²) in [6.45, 7) is 7.36. The van der Waals surface area contributed by atoms with Crippen LogP contribution in [0.25, 0.3) is 0 Å². The second kappa shape index (κ2) is 15.1. The van der Waals surface area contributed by atoms with E-state index in [0.29, 0.717) is 39.2 Å². The Hall–Kier alpha value is -2.78. The summed E-state index contributed by atoms with van der Waals surface area (Å²) in [5.74, 6) is -0.875. The molecular formula is C31H36Cl3N3O4S. The maximum absolute atomic E-state index is 14.2. The van der Waals surface area contributed by atoms with Gasteiger partial charge in [0.1, 0.15) is 12.6 Å². The lowest BCUT2D eigenvalue weighted by Gasteiger charge is -2.33. The van der Waals surface area contributed by atoms with Gasteiger partial charge in [0.15, 0.2) is 0 Å². The van der Waals surface area contributed by atoms with E-state index in [0.717, 1.165) is 22.7 Å². The minimum atomic E-state index is -4.21. The zero-order valence-corrected chi connectivity index (χ0v) is 27.2. The predicted molar refractivity (Wildman–Crippen MR) is 171 cm³/mol. The Kier molecular flexibility index (Phi) is 12.1. The number of anilines is 1. The van der Waals surface area contributed by atoms with Crippen LogP contribution in [-0.4, -0.2) is 44.3 Å². The highest BCUT2D eigenvalue weighted by Crippen LogP contribution is 2.30. The largest absolute Gasteiger partial charge is 0.354 e. The minimum Gasteiger partial charge on any atom is -0.354 e. The zero-order chi connectivity index (χ0) is 31.0. The van der Waals surface area contributed by atoms with E-state index in [1.807, 2.05) is 13.8 Å². The quantitative estimate of drug-likeness (QED) is 0.198. The van der Waals surface area contributed by atoms with E-state index in [4.69, 9.17) is 34.8 Å². The van der Waals surface area contributed by atoms with Gasteiger partial charge in [0.05, 0.1) is 20.6 Å². The number of rotatable bonds is 13. The summed E-state index contributed by atoms with van der Waals surface area (Å²) >= 11 is 18.7. The molecule has 1 N–H and O–H groups in total. The number of aryl methyl sites for hydroxylation is 2. The molecule has 0 saturated heterocycles. The number of sulfonamides is 1. The summed E-state index contributed by atoms with van der Waals surface area (Å²) in [5.41, 5.74) is 2.42. The topological polar surface area (TPSA) is 86.8 Å². The molecule has 226 valence electrons. The lowest BCUT2D eigenvalue weighted by atomic mass is 10.1. The first-order valence-corrected chi connectivity index (χ1v) is 16.3. The molecule has 0 fully saturated rings. The fraction of sp³-hybridized carbons (Fsp3) is 0.355. The Balaban J connectivity index is 2.09. The number of nitrogens with one attached hydrogen (secondary N) is 1. The number of nitrogens with zero attached hydrogens (tertiary/aromatic N) is 2. The number of hydrogen-bond donors (Lipinski definition) is 1. The van der Waals surface area contributed by atoms with Crippen LogP contribution in [0, 0.1) is 13.8 Å². The van der Waals surface area contributed by atoms with Gasteiger partial charge in [-0.05, 0) is 74.2 Å². The summed E-state index contributed by atoms with van der Waals surface area (Å²) in [6, 6.07) is 15.4. The Labute approximate surface area is 263 Å². The van der Waals surface area contributed by atoms with E-state index in [1.54, 1.807) is 56.3 Å². The zero-order valence-electron chi connectivity index (χ0n) is 24.2. The second-order valence-electron chi connectivity index (χ2n) is 10.1. The first-order valence-electron chi connectivity index (χ1n) is 13.8. The molecule has 0 aliphatic heterocycles. The van der Waals surface area contributed by atoms with Gasteiger partial charge in [-0.3, -0.25) is 13.9 Å². The van der Waals surface area contributed by atoms with Crippen LogP contribution >= 0.6 is 34.8 Å². The van der Waals surface area contributed by atoms with E-state index in [1.165, 1.54) is 23.1 Å². The van der Waals surface area contributed by atoms with Gasteiger partial charge < -0.3 is 10.2 Å². The Morgan fingerprint density at radius 1 is 0.905 bits per heavy atom. The van der Waals surface area contributed by atoms with Crippen LogP contribution < -0.4 is 9.62 Å². The van der Waals surface area contributed by atoms with Crippen molar-refractivity contribution in [3.05, 3.63) is 92.4 Å². The standard InChI is InChI=1S/C31H36Cl3N3O4S/c1-5-7-16-35-31(39)28(6-2)36(19-23-11-15-26(33)27(34)17-23)30(38)20-37(29-18-24(32)12-10-22(29)4)42(40,41)25-13-8-21(3)9-14-25/h8-15,17-18,28H,5-7,16,19-20H2,1-4H3,(H,35,39)/t28-/m1/s1. The molecule has 0 bridgehead atoms. The summed E-state index contributed by atoms with van der Waals surface area (Å²) in [4.78, 5) is 28.9. The van der Waals surface area contributed by atoms with Crippen LogP contribution in [0.1, 0.15) is 49.8 Å². The van der Waals surface area contributed by atoms with Gasteiger partial charge in [-0.15, -0.1) is 0 Å². The summed E-state index contributed by atoms with van der Waals surface area (Å²) in [5, 5.41) is 3.89. The summed E-state index contributed by atoms with van der Waals surface area (Å²) < 4.78 is 29.2. The monoisotopic (exact) mass is 651 g/mol. The Bertz CT molecular complexity index is 1510. The lowest BCUT2D eigenvalue weighted by molar-refractivity contribution is -0.140. The highest BCUT2D eigenvalue weighted by molar-refractivity contribution is 7.92. The molecule has 0 radical (unpaired) electrons. The van der Waals surface area contributed by atoms with Crippen molar-refractivity contribution in [3.8, 4) is 0 Å². The molecule has 3 rings (SSSR count). The van der Waals surface area contributed by atoms with Crippen LogP contribution in [0.15, 0.2) is 65.6 Å². The van der Waals surface area contributed by atoms with E-state index in [2.05, 4.69) is 5.32 Å². The normalized spacial score (nSPS) is 12.1. The first-order chi connectivity index (χ1) is 19.9. The van der Waals surface area contributed by atoms with Gasteiger partial charge in [0, 0.05) is 18.1 Å². The molecule has 11 heteroatoms. The molecule has 3 aromatic rings. The maximum atomic E-state index is 14.2. The molecule has 0 saturated carbocycles. The van der Waals surface area contributed by atoms with Gasteiger partial charge >= 0.3 is 0 Å². The number of unbranched alkanes of at least 4 members (excludes halogenated alkanes) is 1. The molecule has 0 aliphatic carbocycles. The number of amides is 2. The highest BCUT2D eigenvalue weighted by Gasteiger charge is 2.34. The smallest absolute Gasteiger partial charge is 0.264 e.